The summed E-state index contributed by atoms with van der Waals surface area (Å²) in [5.41, 5.74) is 4.37. The standard InChI is InChI=1S/C16H15N3O/c1-3-5-12-6-4-7-13-16(12)18-19(17-13)14-10-11(2)8-9-15(14)20/h3-4,6-10,20H,1,5H2,2H3. The zero-order valence-corrected chi connectivity index (χ0v) is 11.2. The van der Waals surface area contributed by atoms with Crippen molar-refractivity contribution in [2.45, 2.75) is 13.3 Å². The highest BCUT2D eigenvalue weighted by molar-refractivity contribution is 5.78. The zero-order chi connectivity index (χ0) is 14.1. The minimum atomic E-state index is 0.168. The topological polar surface area (TPSA) is 50.9 Å². The molecule has 0 saturated carbocycles. The summed E-state index contributed by atoms with van der Waals surface area (Å²) in [5, 5.41) is 18.9. The van der Waals surface area contributed by atoms with Crippen molar-refractivity contribution in [1.29, 1.82) is 0 Å². The maximum absolute atomic E-state index is 9.97. The molecular weight excluding hydrogens is 250 g/mol. The number of rotatable bonds is 3. The quantitative estimate of drug-likeness (QED) is 0.740. The first-order valence-electron chi connectivity index (χ1n) is 6.45. The van der Waals surface area contributed by atoms with Crippen molar-refractivity contribution in [1.82, 2.24) is 15.0 Å². The molecule has 0 fully saturated rings. The third kappa shape index (κ3) is 2.05. The van der Waals surface area contributed by atoms with Crippen LogP contribution in [-0.4, -0.2) is 20.1 Å². The molecule has 0 saturated heterocycles. The van der Waals surface area contributed by atoms with Crippen LogP contribution in [0.25, 0.3) is 16.7 Å². The highest BCUT2D eigenvalue weighted by Crippen LogP contribution is 2.23. The number of hydrogen-bond acceptors (Lipinski definition) is 3. The average molecular weight is 265 g/mol. The normalized spacial score (nSPS) is 10.8. The maximum atomic E-state index is 9.97. The third-order valence-corrected chi connectivity index (χ3v) is 3.21. The highest BCUT2D eigenvalue weighted by Gasteiger charge is 2.11. The zero-order valence-electron chi connectivity index (χ0n) is 11.2. The molecule has 0 radical (unpaired) electrons. The summed E-state index contributed by atoms with van der Waals surface area (Å²) in [6.07, 6.45) is 2.59. The molecule has 3 rings (SSSR count). The number of fused-ring (bicyclic) bond motifs is 1. The lowest BCUT2D eigenvalue weighted by molar-refractivity contribution is 0.467. The molecule has 1 aromatic heterocycles. The van der Waals surface area contributed by atoms with Gasteiger partial charge in [0, 0.05) is 0 Å². The molecule has 0 bridgehead atoms. The van der Waals surface area contributed by atoms with Crippen molar-refractivity contribution in [3.8, 4) is 11.4 Å². The molecule has 4 nitrogen and oxygen atoms in total. The number of aromatic hydroxyl groups is 1. The van der Waals surface area contributed by atoms with Gasteiger partial charge in [0.2, 0.25) is 0 Å². The molecule has 0 aliphatic carbocycles. The fourth-order valence-electron chi connectivity index (χ4n) is 2.21. The lowest BCUT2D eigenvalue weighted by atomic mass is 10.1. The molecule has 0 aliphatic rings. The second kappa shape index (κ2) is 4.81. The van der Waals surface area contributed by atoms with Gasteiger partial charge in [0.1, 0.15) is 22.5 Å². The molecule has 3 aromatic rings. The van der Waals surface area contributed by atoms with Gasteiger partial charge in [0.25, 0.3) is 0 Å². The van der Waals surface area contributed by atoms with Crippen LogP contribution < -0.4 is 0 Å². The van der Waals surface area contributed by atoms with Gasteiger partial charge >= 0.3 is 0 Å². The number of phenols is 1. The van der Waals surface area contributed by atoms with E-state index in [9.17, 15) is 5.11 Å². The summed E-state index contributed by atoms with van der Waals surface area (Å²) in [5.74, 6) is 0.168. The van der Waals surface area contributed by atoms with Crippen molar-refractivity contribution in [3.63, 3.8) is 0 Å². The van der Waals surface area contributed by atoms with Gasteiger partial charge in [-0.05, 0) is 42.7 Å². The van der Waals surface area contributed by atoms with Crippen LogP contribution in [0.5, 0.6) is 5.75 Å². The Morgan fingerprint density at radius 1 is 1.25 bits per heavy atom. The second-order valence-electron chi connectivity index (χ2n) is 4.76. The van der Waals surface area contributed by atoms with Crippen LogP contribution in [-0.2, 0) is 6.42 Å². The maximum Gasteiger partial charge on any atom is 0.143 e. The fourth-order valence-corrected chi connectivity index (χ4v) is 2.21. The molecule has 0 aliphatic heterocycles. The summed E-state index contributed by atoms with van der Waals surface area (Å²) in [6, 6.07) is 11.3. The second-order valence-corrected chi connectivity index (χ2v) is 4.76. The summed E-state index contributed by atoms with van der Waals surface area (Å²) in [6.45, 7) is 5.73. The lowest BCUT2D eigenvalue weighted by Gasteiger charge is -2.03. The van der Waals surface area contributed by atoms with Crippen molar-refractivity contribution in [2.24, 2.45) is 0 Å². The molecule has 0 spiro atoms. The number of aromatic nitrogens is 3. The first-order valence-corrected chi connectivity index (χ1v) is 6.45. The Labute approximate surface area is 117 Å². The van der Waals surface area contributed by atoms with Crippen LogP contribution in [0, 0.1) is 6.92 Å². The Bertz CT molecular complexity index is 790. The Morgan fingerprint density at radius 3 is 2.90 bits per heavy atom. The van der Waals surface area contributed by atoms with Gasteiger partial charge < -0.3 is 5.11 Å². The summed E-state index contributed by atoms with van der Waals surface area (Å²) >= 11 is 0. The average Bonchev–Trinajstić information content (AvgIpc) is 2.87. The van der Waals surface area contributed by atoms with Gasteiger partial charge in [0.05, 0.1) is 0 Å². The molecule has 4 heteroatoms. The summed E-state index contributed by atoms with van der Waals surface area (Å²) in [7, 11) is 0. The number of nitrogens with zero attached hydrogens (tertiary/aromatic N) is 3. The van der Waals surface area contributed by atoms with Crippen LogP contribution >= 0.6 is 0 Å². The van der Waals surface area contributed by atoms with E-state index in [1.54, 1.807) is 6.07 Å². The van der Waals surface area contributed by atoms with Crippen molar-refractivity contribution >= 4 is 11.0 Å². The molecule has 20 heavy (non-hydrogen) atoms. The molecule has 0 unspecified atom stereocenters. The molecule has 1 heterocycles. The van der Waals surface area contributed by atoms with E-state index in [4.69, 9.17) is 0 Å². The van der Waals surface area contributed by atoms with E-state index < -0.39 is 0 Å². The number of allylic oxidation sites excluding steroid dienone is 1. The van der Waals surface area contributed by atoms with E-state index >= 15 is 0 Å². The predicted octanol–water partition coefficient (Wildman–Crippen LogP) is 3.16. The van der Waals surface area contributed by atoms with Crippen molar-refractivity contribution in [2.75, 3.05) is 0 Å². The minimum Gasteiger partial charge on any atom is -0.506 e. The Hall–Kier alpha value is -2.62. The lowest BCUT2D eigenvalue weighted by Crippen LogP contribution is -1.99. The van der Waals surface area contributed by atoms with Gasteiger partial charge in [-0.15, -0.1) is 21.6 Å². The Balaban J connectivity index is 2.20. The monoisotopic (exact) mass is 265 g/mol. The summed E-state index contributed by atoms with van der Waals surface area (Å²) in [4.78, 5) is 1.49. The highest BCUT2D eigenvalue weighted by atomic mass is 16.3. The number of aryl methyl sites for hydroxylation is 1. The van der Waals surface area contributed by atoms with Gasteiger partial charge in [-0.2, -0.15) is 0 Å². The van der Waals surface area contributed by atoms with Crippen molar-refractivity contribution < 1.29 is 5.11 Å². The van der Waals surface area contributed by atoms with E-state index in [0.29, 0.717) is 5.69 Å². The van der Waals surface area contributed by atoms with Gasteiger partial charge in [-0.25, -0.2) is 0 Å². The van der Waals surface area contributed by atoms with Crippen LogP contribution in [0.15, 0.2) is 49.1 Å². The van der Waals surface area contributed by atoms with Crippen LogP contribution in [0.1, 0.15) is 11.1 Å². The smallest absolute Gasteiger partial charge is 0.143 e. The van der Waals surface area contributed by atoms with Gasteiger partial charge in [-0.3, -0.25) is 0 Å². The largest absolute Gasteiger partial charge is 0.506 e. The molecule has 2 aromatic carbocycles. The van der Waals surface area contributed by atoms with Crippen molar-refractivity contribution in [3.05, 3.63) is 60.2 Å². The van der Waals surface area contributed by atoms with E-state index in [1.165, 1.54) is 4.80 Å². The first kappa shape index (κ1) is 12.4. The Kier molecular flexibility index (Phi) is 2.99. The number of hydrogen-bond donors (Lipinski definition) is 1. The predicted molar refractivity (Wildman–Crippen MR) is 79.2 cm³/mol. The Morgan fingerprint density at radius 2 is 2.10 bits per heavy atom. The third-order valence-electron chi connectivity index (χ3n) is 3.21. The SMILES string of the molecule is C=CCc1cccc2nn(-c3cc(C)ccc3O)nc12. The molecule has 0 atom stereocenters. The van der Waals surface area contributed by atoms with Gasteiger partial charge in [0.15, 0.2) is 0 Å². The minimum absolute atomic E-state index is 0.168. The van der Waals surface area contributed by atoms with E-state index in [0.717, 1.165) is 28.6 Å². The van der Waals surface area contributed by atoms with Gasteiger partial charge in [-0.1, -0.05) is 24.3 Å². The van der Waals surface area contributed by atoms with E-state index in [2.05, 4.69) is 16.8 Å². The first-order chi connectivity index (χ1) is 9.69. The molecular formula is C16H15N3O. The molecule has 1 N–H and O–H groups in total. The van der Waals surface area contributed by atoms with Crippen LogP contribution in [0.4, 0.5) is 0 Å². The fraction of sp³-hybridized carbons (Fsp3) is 0.125. The van der Waals surface area contributed by atoms with Crippen LogP contribution in [0.2, 0.25) is 0 Å². The summed E-state index contributed by atoms with van der Waals surface area (Å²) < 4.78 is 0. The van der Waals surface area contributed by atoms with E-state index in [1.807, 2.05) is 43.3 Å². The number of benzene rings is 2. The van der Waals surface area contributed by atoms with Crippen LogP contribution in [0.3, 0.4) is 0 Å². The van der Waals surface area contributed by atoms with E-state index in [-0.39, 0.29) is 5.75 Å². The molecule has 0 amide bonds. The number of phenolic OH excluding ortho intramolecular Hbond substituents is 1. The molecule has 100 valence electrons.